The van der Waals surface area contributed by atoms with Crippen LogP contribution in [0.3, 0.4) is 0 Å². The third kappa shape index (κ3) is 3.82. The molecule has 2 aromatic heterocycles. The quantitative estimate of drug-likeness (QED) is 0.412. The van der Waals surface area contributed by atoms with Gasteiger partial charge < -0.3 is 14.7 Å². The lowest BCUT2D eigenvalue weighted by molar-refractivity contribution is 0.194. The Bertz CT molecular complexity index is 1270. The molecule has 1 aliphatic heterocycles. The van der Waals surface area contributed by atoms with Gasteiger partial charge in [0.2, 0.25) is 0 Å². The van der Waals surface area contributed by atoms with E-state index in [2.05, 4.69) is 22.6 Å². The van der Waals surface area contributed by atoms with Gasteiger partial charge in [-0.05, 0) is 31.4 Å². The molecule has 0 unspecified atom stereocenters. The first kappa shape index (κ1) is 20.2. The molecule has 6 rings (SSSR count). The number of aromatic nitrogens is 2. The van der Waals surface area contributed by atoms with Crippen LogP contribution >= 0.6 is 11.3 Å². The fourth-order valence-corrected chi connectivity index (χ4v) is 5.96. The highest BCUT2D eigenvalue weighted by molar-refractivity contribution is 7.12. The number of hydrogen-bond donors (Lipinski definition) is 1. The number of rotatable bonds is 3. The van der Waals surface area contributed by atoms with Crippen molar-refractivity contribution in [2.75, 3.05) is 18.4 Å². The molecule has 1 fully saturated rings. The summed E-state index contributed by atoms with van der Waals surface area (Å²) in [5, 5.41) is 8.56. The van der Waals surface area contributed by atoms with Gasteiger partial charge in [-0.25, -0.2) is 9.78 Å². The Labute approximate surface area is 196 Å². The summed E-state index contributed by atoms with van der Waals surface area (Å²) < 4.78 is 5.71. The second-order valence-electron chi connectivity index (χ2n) is 8.58. The third-order valence-electron chi connectivity index (χ3n) is 6.50. The molecule has 6 nitrogen and oxygen atoms in total. The number of thiazole rings is 1. The Morgan fingerprint density at radius 2 is 1.70 bits per heavy atom. The molecule has 0 saturated carbocycles. The minimum Gasteiger partial charge on any atom is -0.360 e. The van der Waals surface area contributed by atoms with Gasteiger partial charge in [0.1, 0.15) is 11.5 Å². The van der Waals surface area contributed by atoms with E-state index >= 15 is 0 Å². The van der Waals surface area contributed by atoms with Crippen LogP contribution in [0.25, 0.3) is 22.5 Å². The van der Waals surface area contributed by atoms with Crippen molar-refractivity contribution in [2.24, 2.45) is 0 Å². The third-order valence-corrected chi connectivity index (χ3v) is 7.77. The van der Waals surface area contributed by atoms with Gasteiger partial charge in [-0.1, -0.05) is 53.7 Å². The maximum Gasteiger partial charge on any atom is 0.321 e. The zero-order chi connectivity index (χ0) is 22.2. The van der Waals surface area contributed by atoms with E-state index in [9.17, 15) is 4.79 Å². The van der Waals surface area contributed by atoms with Gasteiger partial charge in [0.15, 0.2) is 0 Å². The molecule has 0 atom stereocenters. The summed E-state index contributed by atoms with van der Waals surface area (Å²) in [5.74, 6) is 1.32. The standard InChI is InChI=1S/C26H24N4O2S/c31-26(27-19-9-5-2-6-10-19)30-15-13-18(14-16-30)25-28-24-21(33-25)12-11-20-22(24)23(29-32-20)17-7-3-1-4-8-17/h1-10,18H,11-16H2,(H,27,31). The monoisotopic (exact) mass is 456 g/mol. The van der Waals surface area contributed by atoms with Crippen LogP contribution in [0.2, 0.25) is 0 Å². The summed E-state index contributed by atoms with van der Waals surface area (Å²) >= 11 is 1.83. The van der Waals surface area contributed by atoms with Gasteiger partial charge in [-0.2, -0.15) is 0 Å². The maximum absolute atomic E-state index is 12.6. The number of urea groups is 1. The number of para-hydroxylation sites is 1. The van der Waals surface area contributed by atoms with E-state index in [1.807, 2.05) is 64.8 Å². The van der Waals surface area contributed by atoms with E-state index in [-0.39, 0.29) is 6.03 Å². The van der Waals surface area contributed by atoms with Crippen molar-refractivity contribution < 1.29 is 9.32 Å². The molecular weight excluding hydrogens is 432 g/mol. The molecule has 7 heteroatoms. The molecule has 4 aromatic rings. The molecule has 0 radical (unpaired) electrons. The lowest BCUT2D eigenvalue weighted by Crippen LogP contribution is -2.40. The van der Waals surface area contributed by atoms with Crippen LogP contribution in [0, 0.1) is 0 Å². The average molecular weight is 457 g/mol. The summed E-state index contributed by atoms with van der Waals surface area (Å²) in [6, 6.07) is 19.8. The van der Waals surface area contributed by atoms with Crippen molar-refractivity contribution in [2.45, 2.75) is 31.6 Å². The van der Waals surface area contributed by atoms with Gasteiger partial charge >= 0.3 is 6.03 Å². The molecule has 2 amide bonds. The van der Waals surface area contributed by atoms with Crippen LogP contribution in [-0.2, 0) is 12.8 Å². The van der Waals surface area contributed by atoms with Crippen LogP contribution < -0.4 is 5.32 Å². The summed E-state index contributed by atoms with van der Waals surface area (Å²) in [7, 11) is 0. The largest absolute Gasteiger partial charge is 0.360 e. The fraction of sp³-hybridized carbons (Fsp3) is 0.269. The number of likely N-dealkylation sites (tertiary alicyclic amines) is 1. The van der Waals surface area contributed by atoms with Crippen molar-refractivity contribution in [1.29, 1.82) is 0 Å². The minimum atomic E-state index is -0.0281. The Morgan fingerprint density at radius 1 is 0.970 bits per heavy atom. The lowest BCUT2D eigenvalue weighted by Gasteiger charge is -2.31. The summed E-state index contributed by atoms with van der Waals surface area (Å²) in [6.07, 6.45) is 3.66. The van der Waals surface area contributed by atoms with Gasteiger partial charge in [-0.15, -0.1) is 11.3 Å². The number of nitrogens with one attached hydrogen (secondary N) is 1. The first-order valence-electron chi connectivity index (χ1n) is 11.4. The maximum atomic E-state index is 12.6. The Balaban J connectivity index is 1.19. The van der Waals surface area contributed by atoms with Gasteiger partial charge in [0.25, 0.3) is 0 Å². The SMILES string of the molecule is O=C(Nc1ccccc1)N1CCC(c2nc3c(s2)CCc2onc(-c4ccccc4)c2-3)CC1. The van der Waals surface area contributed by atoms with Crippen molar-refractivity contribution in [3.8, 4) is 22.5 Å². The van der Waals surface area contributed by atoms with E-state index in [0.29, 0.717) is 5.92 Å². The summed E-state index contributed by atoms with van der Waals surface area (Å²) in [5.41, 5.74) is 4.87. The van der Waals surface area contributed by atoms with Crippen molar-refractivity contribution in [3.05, 3.63) is 76.3 Å². The van der Waals surface area contributed by atoms with E-state index < -0.39 is 0 Å². The molecule has 33 heavy (non-hydrogen) atoms. The molecule has 1 saturated heterocycles. The highest BCUT2D eigenvalue weighted by Crippen LogP contribution is 2.44. The van der Waals surface area contributed by atoms with E-state index in [1.165, 1.54) is 9.88 Å². The lowest BCUT2D eigenvalue weighted by atomic mass is 9.95. The summed E-state index contributed by atoms with van der Waals surface area (Å²) in [6.45, 7) is 1.47. The zero-order valence-electron chi connectivity index (χ0n) is 18.2. The molecule has 1 N–H and O–H groups in total. The molecule has 0 bridgehead atoms. The smallest absolute Gasteiger partial charge is 0.321 e. The topological polar surface area (TPSA) is 71.3 Å². The zero-order valence-corrected chi connectivity index (χ0v) is 19.0. The normalized spacial score (nSPS) is 15.7. The average Bonchev–Trinajstić information content (AvgIpc) is 3.49. The molecule has 166 valence electrons. The number of carbonyl (C=O) groups excluding carboxylic acids is 1. The van der Waals surface area contributed by atoms with Crippen molar-refractivity contribution in [3.63, 3.8) is 0 Å². The highest BCUT2D eigenvalue weighted by Gasteiger charge is 2.32. The van der Waals surface area contributed by atoms with Gasteiger partial charge in [-0.3, -0.25) is 0 Å². The molecule has 2 aliphatic rings. The van der Waals surface area contributed by atoms with E-state index in [4.69, 9.17) is 9.51 Å². The predicted molar refractivity (Wildman–Crippen MR) is 129 cm³/mol. The molecule has 1 aliphatic carbocycles. The van der Waals surface area contributed by atoms with Crippen LogP contribution in [-0.4, -0.2) is 34.2 Å². The van der Waals surface area contributed by atoms with Crippen molar-refractivity contribution in [1.82, 2.24) is 15.0 Å². The number of benzene rings is 2. The molecule has 3 heterocycles. The predicted octanol–water partition coefficient (Wildman–Crippen LogP) is 5.98. The van der Waals surface area contributed by atoms with Crippen LogP contribution in [0.5, 0.6) is 0 Å². The van der Waals surface area contributed by atoms with Crippen LogP contribution in [0.15, 0.2) is 65.2 Å². The fourth-order valence-electron chi connectivity index (χ4n) is 4.72. The first-order chi connectivity index (χ1) is 16.3. The molecular formula is C26H24N4O2S. The number of hydrogen-bond acceptors (Lipinski definition) is 5. The van der Waals surface area contributed by atoms with E-state index in [0.717, 1.165) is 72.7 Å². The van der Waals surface area contributed by atoms with Crippen LogP contribution in [0.4, 0.5) is 10.5 Å². The van der Waals surface area contributed by atoms with Gasteiger partial charge in [0, 0.05) is 41.6 Å². The number of anilines is 1. The second-order valence-corrected chi connectivity index (χ2v) is 9.69. The number of fused-ring (bicyclic) bond motifs is 3. The highest BCUT2D eigenvalue weighted by atomic mass is 32.1. The Kier molecular flexibility index (Phi) is 5.19. The number of piperidine rings is 1. The van der Waals surface area contributed by atoms with Gasteiger partial charge in [0.05, 0.1) is 16.3 Å². The summed E-state index contributed by atoms with van der Waals surface area (Å²) in [4.78, 5) is 21.0. The van der Waals surface area contributed by atoms with E-state index in [1.54, 1.807) is 0 Å². The van der Waals surface area contributed by atoms with Crippen LogP contribution in [0.1, 0.15) is 34.4 Å². The Hall–Kier alpha value is -3.45. The molecule has 2 aromatic carbocycles. The molecule has 0 spiro atoms. The number of carbonyl (C=O) groups is 1. The minimum absolute atomic E-state index is 0.0281. The Morgan fingerprint density at radius 3 is 2.45 bits per heavy atom. The number of nitrogens with zero attached hydrogens (tertiary/aromatic N) is 3. The first-order valence-corrected chi connectivity index (χ1v) is 12.2. The number of aryl methyl sites for hydroxylation is 2. The number of amides is 2. The second kappa shape index (κ2) is 8.48. The van der Waals surface area contributed by atoms with Crippen molar-refractivity contribution >= 4 is 23.1 Å².